The Hall–Kier alpha value is -3.36. The summed E-state index contributed by atoms with van der Waals surface area (Å²) in [6.45, 7) is 0.486. The fraction of sp³-hybridized carbons (Fsp3) is 0.200. The van der Waals surface area contributed by atoms with Gasteiger partial charge in [0.15, 0.2) is 0 Å². The average molecular weight is 402 g/mol. The van der Waals surface area contributed by atoms with E-state index in [9.17, 15) is 22.4 Å². The molecule has 0 atom stereocenters. The minimum atomic E-state index is -4.64. The first-order valence-corrected chi connectivity index (χ1v) is 8.76. The number of pyridine rings is 1. The maximum atomic E-state index is 13.6. The quantitative estimate of drug-likeness (QED) is 0.680. The number of alkyl halides is 3. The highest BCUT2D eigenvalue weighted by Crippen LogP contribution is 2.31. The molecule has 148 valence electrons. The minimum absolute atomic E-state index is 0.0306. The van der Waals surface area contributed by atoms with E-state index >= 15 is 0 Å². The van der Waals surface area contributed by atoms with Crippen LogP contribution in [-0.2, 0) is 19.0 Å². The second-order valence-electron chi connectivity index (χ2n) is 6.65. The van der Waals surface area contributed by atoms with Crippen LogP contribution in [-0.4, -0.2) is 27.6 Å². The Balaban J connectivity index is 1.69. The van der Waals surface area contributed by atoms with Crippen molar-refractivity contribution in [1.82, 2.24) is 20.5 Å². The molecule has 3 aromatic rings. The monoisotopic (exact) mass is 402 g/mol. The molecule has 0 unspecified atom stereocenters. The van der Waals surface area contributed by atoms with Crippen LogP contribution in [0, 0.1) is 5.82 Å². The predicted molar refractivity (Wildman–Crippen MR) is 95.5 cm³/mol. The Bertz CT molecular complexity index is 1100. The Kier molecular flexibility index (Phi) is 4.73. The Labute approximate surface area is 162 Å². The van der Waals surface area contributed by atoms with Gasteiger partial charge in [-0.15, -0.1) is 0 Å². The molecule has 5 nitrogen and oxygen atoms in total. The summed E-state index contributed by atoms with van der Waals surface area (Å²) in [6, 6.07) is 5.66. The standard InChI is InChI=1S/C20H14F4N4O/c21-14-6-11(5-13(9-14)20(22,23)24)7-15-8-12(10-27-28-15)18-16-1-4-26-19(29)17(16)2-3-25-18/h2-3,5-6,8-10H,1,4,7H2,(H,26,29). The molecule has 1 amide bonds. The van der Waals surface area contributed by atoms with E-state index in [1.54, 1.807) is 12.1 Å². The zero-order chi connectivity index (χ0) is 20.6. The third-order valence-electron chi connectivity index (χ3n) is 4.61. The molecule has 0 saturated heterocycles. The highest BCUT2D eigenvalue weighted by molar-refractivity contribution is 5.98. The third kappa shape index (κ3) is 3.94. The van der Waals surface area contributed by atoms with Crippen molar-refractivity contribution < 1.29 is 22.4 Å². The van der Waals surface area contributed by atoms with Gasteiger partial charge in [-0.25, -0.2) is 4.39 Å². The molecule has 29 heavy (non-hydrogen) atoms. The molecule has 1 N–H and O–H groups in total. The lowest BCUT2D eigenvalue weighted by Gasteiger charge is -2.18. The number of halogens is 4. The molecule has 0 spiro atoms. The summed E-state index contributed by atoms with van der Waals surface area (Å²) >= 11 is 0. The van der Waals surface area contributed by atoms with Crippen LogP contribution in [0.25, 0.3) is 11.3 Å². The second-order valence-corrected chi connectivity index (χ2v) is 6.65. The summed E-state index contributed by atoms with van der Waals surface area (Å²) < 4.78 is 52.4. The first-order chi connectivity index (χ1) is 13.8. The fourth-order valence-electron chi connectivity index (χ4n) is 3.36. The van der Waals surface area contributed by atoms with Crippen molar-refractivity contribution in [2.45, 2.75) is 19.0 Å². The summed E-state index contributed by atoms with van der Waals surface area (Å²) in [5.41, 5.74) is 1.91. The average Bonchev–Trinajstić information content (AvgIpc) is 2.67. The molecule has 4 rings (SSSR count). The fourth-order valence-corrected chi connectivity index (χ4v) is 3.36. The summed E-state index contributed by atoms with van der Waals surface area (Å²) in [6.07, 6.45) is -1.08. The molecule has 0 bridgehead atoms. The molecule has 0 saturated carbocycles. The highest BCUT2D eigenvalue weighted by Gasteiger charge is 2.31. The molecule has 1 aliphatic rings. The molecule has 3 heterocycles. The topological polar surface area (TPSA) is 67.8 Å². The van der Waals surface area contributed by atoms with Gasteiger partial charge in [-0.3, -0.25) is 9.78 Å². The molecular formula is C20H14F4N4O. The van der Waals surface area contributed by atoms with Crippen LogP contribution in [0.2, 0.25) is 0 Å². The molecule has 1 aliphatic heterocycles. The van der Waals surface area contributed by atoms with Gasteiger partial charge in [-0.1, -0.05) is 0 Å². The normalized spacial score (nSPS) is 13.7. The maximum absolute atomic E-state index is 13.6. The number of nitrogens with zero attached hydrogens (tertiary/aromatic N) is 3. The number of amides is 1. The lowest BCUT2D eigenvalue weighted by Crippen LogP contribution is -2.32. The van der Waals surface area contributed by atoms with Crippen molar-refractivity contribution in [3.63, 3.8) is 0 Å². The number of fused-ring (bicyclic) bond motifs is 1. The van der Waals surface area contributed by atoms with Crippen LogP contribution in [0.1, 0.15) is 32.7 Å². The summed E-state index contributed by atoms with van der Waals surface area (Å²) in [5.74, 6) is -1.15. The van der Waals surface area contributed by atoms with Gasteiger partial charge in [-0.05, 0) is 47.9 Å². The third-order valence-corrected chi connectivity index (χ3v) is 4.61. The van der Waals surface area contributed by atoms with Crippen LogP contribution in [0.3, 0.4) is 0 Å². The molecule has 0 radical (unpaired) electrons. The number of carbonyl (C=O) groups excluding carboxylic acids is 1. The van der Waals surface area contributed by atoms with E-state index in [4.69, 9.17) is 0 Å². The largest absolute Gasteiger partial charge is 0.416 e. The zero-order valence-electron chi connectivity index (χ0n) is 14.9. The molecular weight excluding hydrogens is 388 g/mol. The van der Waals surface area contributed by atoms with Gasteiger partial charge in [0.2, 0.25) is 0 Å². The van der Waals surface area contributed by atoms with Crippen LogP contribution in [0.15, 0.2) is 42.7 Å². The Morgan fingerprint density at radius 1 is 1.14 bits per heavy atom. The SMILES string of the molecule is O=C1NCCc2c1ccnc2-c1cnnc(Cc2cc(F)cc(C(F)(F)F)c2)c1. The van der Waals surface area contributed by atoms with Crippen LogP contribution >= 0.6 is 0 Å². The number of aromatic nitrogens is 3. The van der Waals surface area contributed by atoms with Crippen molar-refractivity contribution in [2.75, 3.05) is 6.54 Å². The van der Waals surface area contributed by atoms with Gasteiger partial charge < -0.3 is 5.32 Å². The van der Waals surface area contributed by atoms with Crippen molar-refractivity contribution in [3.05, 3.63) is 76.5 Å². The van der Waals surface area contributed by atoms with E-state index in [-0.39, 0.29) is 17.9 Å². The number of carbonyl (C=O) groups is 1. The summed E-state index contributed by atoms with van der Waals surface area (Å²) in [4.78, 5) is 16.4. The summed E-state index contributed by atoms with van der Waals surface area (Å²) in [5, 5.41) is 10.6. The molecule has 9 heteroatoms. The van der Waals surface area contributed by atoms with E-state index in [1.807, 2.05) is 0 Å². The van der Waals surface area contributed by atoms with Crippen molar-refractivity contribution >= 4 is 5.91 Å². The van der Waals surface area contributed by atoms with Crippen LogP contribution in [0.4, 0.5) is 17.6 Å². The van der Waals surface area contributed by atoms with Crippen LogP contribution < -0.4 is 5.32 Å². The first-order valence-electron chi connectivity index (χ1n) is 8.76. The van der Waals surface area contributed by atoms with Gasteiger partial charge in [0.05, 0.1) is 23.1 Å². The van der Waals surface area contributed by atoms with E-state index in [0.29, 0.717) is 41.5 Å². The second kappa shape index (κ2) is 7.23. The van der Waals surface area contributed by atoms with Gasteiger partial charge in [0, 0.05) is 30.3 Å². The number of hydrogen-bond acceptors (Lipinski definition) is 4. The number of rotatable bonds is 3. The van der Waals surface area contributed by atoms with Crippen molar-refractivity contribution in [1.29, 1.82) is 0 Å². The molecule has 0 aliphatic carbocycles. The molecule has 1 aromatic carbocycles. The minimum Gasteiger partial charge on any atom is -0.352 e. The first kappa shape index (κ1) is 19.0. The lowest BCUT2D eigenvalue weighted by molar-refractivity contribution is -0.137. The Morgan fingerprint density at radius 2 is 1.97 bits per heavy atom. The predicted octanol–water partition coefficient (Wildman–Crippen LogP) is 3.57. The number of hydrogen-bond donors (Lipinski definition) is 1. The van der Waals surface area contributed by atoms with Crippen molar-refractivity contribution in [2.24, 2.45) is 0 Å². The van der Waals surface area contributed by atoms with E-state index in [2.05, 4.69) is 20.5 Å². The highest BCUT2D eigenvalue weighted by atomic mass is 19.4. The van der Waals surface area contributed by atoms with Gasteiger partial charge in [-0.2, -0.15) is 23.4 Å². The van der Waals surface area contributed by atoms with E-state index in [1.165, 1.54) is 12.4 Å². The lowest BCUT2D eigenvalue weighted by atomic mass is 9.96. The molecule has 0 fully saturated rings. The van der Waals surface area contributed by atoms with Gasteiger partial charge in [0.25, 0.3) is 5.91 Å². The number of nitrogens with one attached hydrogen (secondary N) is 1. The smallest absolute Gasteiger partial charge is 0.352 e. The van der Waals surface area contributed by atoms with E-state index in [0.717, 1.165) is 17.7 Å². The maximum Gasteiger partial charge on any atom is 0.416 e. The van der Waals surface area contributed by atoms with Gasteiger partial charge >= 0.3 is 6.18 Å². The number of benzene rings is 1. The van der Waals surface area contributed by atoms with Crippen LogP contribution in [0.5, 0.6) is 0 Å². The molecule has 2 aromatic heterocycles. The van der Waals surface area contributed by atoms with Crippen molar-refractivity contribution in [3.8, 4) is 11.3 Å². The zero-order valence-corrected chi connectivity index (χ0v) is 14.9. The van der Waals surface area contributed by atoms with E-state index < -0.39 is 17.6 Å². The summed E-state index contributed by atoms with van der Waals surface area (Å²) in [7, 11) is 0. The Morgan fingerprint density at radius 3 is 2.76 bits per heavy atom. The van der Waals surface area contributed by atoms with Gasteiger partial charge in [0.1, 0.15) is 5.82 Å².